The Balaban J connectivity index is 1.74. The van der Waals surface area contributed by atoms with E-state index in [2.05, 4.69) is 17.3 Å². The quantitative estimate of drug-likeness (QED) is 0.809. The number of hydrogen-bond acceptors (Lipinski definition) is 3. The molecule has 2 aromatic rings. The molecule has 0 aliphatic heterocycles. The largest absolute Gasteiger partial charge is 0.468 e. The minimum atomic E-state index is 0.246. The third-order valence-electron chi connectivity index (χ3n) is 2.32. The van der Waals surface area contributed by atoms with E-state index in [-0.39, 0.29) is 6.04 Å². The van der Waals surface area contributed by atoms with E-state index in [9.17, 15) is 0 Å². The van der Waals surface area contributed by atoms with Crippen LogP contribution < -0.4 is 5.32 Å². The summed E-state index contributed by atoms with van der Waals surface area (Å²) < 4.78 is 7.20. The van der Waals surface area contributed by atoms with E-state index in [1.54, 1.807) is 12.5 Å². The summed E-state index contributed by atoms with van der Waals surface area (Å²) in [5.41, 5.74) is 0. The van der Waals surface area contributed by atoms with Crippen LogP contribution in [-0.2, 0) is 6.54 Å². The average Bonchev–Trinajstić information content (AvgIpc) is 2.90. The first-order valence-electron chi connectivity index (χ1n) is 5.10. The van der Waals surface area contributed by atoms with E-state index in [0.717, 1.165) is 18.8 Å². The molecule has 80 valence electrons. The fourth-order valence-electron chi connectivity index (χ4n) is 1.47. The fourth-order valence-corrected chi connectivity index (χ4v) is 1.47. The van der Waals surface area contributed by atoms with Crippen LogP contribution in [0.1, 0.15) is 18.7 Å². The second kappa shape index (κ2) is 4.79. The zero-order valence-corrected chi connectivity index (χ0v) is 8.76. The molecular weight excluding hydrogens is 190 g/mol. The molecular formula is C11H15N3O. The van der Waals surface area contributed by atoms with Gasteiger partial charge in [-0.25, -0.2) is 0 Å². The molecule has 2 aromatic heterocycles. The van der Waals surface area contributed by atoms with E-state index in [1.807, 2.05) is 29.1 Å². The smallest absolute Gasteiger partial charge is 0.120 e. The molecule has 0 saturated heterocycles. The van der Waals surface area contributed by atoms with Crippen LogP contribution in [-0.4, -0.2) is 16.3 Å². The summed E-state index contributed by atoms with van der Waals surface area (Å²) in [7, 11) is 0. The third kappa shape index (κ3) is 2.70. The van der Waals surface area contributed by atoms with E-state index >= 15 is 0 Å². The molecule has 0 saturated carbocycles. The number of nitrogens with zero attached hydrogens (tertiary/aromatic N) is 2. The van der Waals surface area contributed by atoms with Crippen molar-refractivity contribution in [2.24, 2.45) is 0 Å². The van der Waals surface area contributed by atoms with Crippen molar-refractivity contribution in [2.45, 2.75) is 19.5 Å². The highest BCUT2D eigenvalue weighted by atomic mass is 16.3. The lowest BCUT2D eigenvalue weighted by Gasteiger charge is -2.10. The molecule has 0 aliphatic rings. The van der Waals surface area contributed by atoms with Gasteiger partial charge in [-0.1, -0.05) is 0 Å². The Morgan fingerprint density at radius 3 is 3.13 bits per heavy atom. The minimum Gasteiger partial charge on any atom is -0.468 e. The maximum atomic E-state index is 5.30. The van der Waals surface area contributed by atoms with Crippen molar-refractivity contribution in [2.75, 3.05) is 6.54 Å². The van der Waals surface area contributed by atoms with Crippen LogP contribution >= 0.6 is 0 Å². The Hall–Kier alpha value is -1.55. The number of aromatic nitrogens is 2. The second-order valence-corrected chi connectivity index (χ2v) is 3.46. The Kier molecular flexibility index (Phi) is 3.19. The van der Waals surface area contributed by atoms with E-state index in [4.69, 9.17) is 4.42 Å². The van der Waals surface area contributed by atoms with Crippen molar-refractivity contribution >= 4 is 0 Å². The second-order valence-electron chi connectivity index (χ2n) is 3.46. The summed E-state index contributed by atoms with van der Waals surface area (Å²) in [6.07, 6.45) is 5.44. The van der Waals surface area contributed by atoms with Gasteiger partial charge in [0.05, 0.1) is 18.8 Å². The van der Waals surface area contributed by atoms with Crippen molar-refractivity contribution in [3.05, 3.63) is 42.6 Å². The molecule has 0 amide bonds. The summed E-state index contributed by atoms with van der Waals surface area (Å²) in [5, 5.41) is 7.50. The summed E-state index contributed by atoms with van der Waals surface area (Å²) in [6, 6.07) is 6.05. The summed E-state index contributed by atoms with van der Waals surface area (Å²) in [5.74, 6) is 0.968. The highest BCUT2D eigenvalue weighted by molar-refractivity contribution is 5.02. The monoisotopic (exact) mass is 205 g/mol. The van der Waals surface area contributed by atoms with Gasteiger partial charge in [0.1, 0.15) is 5.76 Å². The van der Waals surface area contributed by atoms with E-state index in [1.165, 1.54) is 0 Å². The molecule has 0 unspecified atom stereocenters. The van der Waals surface area contributed by atoms with E-state index < -0.39 is 0 Å². The molecule has 4 heteroatoms. The first-order chi connectivity index (χ1) is 7.36. The molecule has 2 heterocycles. The lowest BCUT2D eigenvalue weighted by atomic mass is 10.2. The van der Waals surface area contributed by atoms with Crippen molar-refractivity contribution in [1.29, 1.82) is 0 Å². The van der Waals surface area contributed by atoms with Gasteiger partial charge in [-0.05, 0) is 25.1 Å². The molecule has 2 rings (SSSR count). The highest BCUT2D eigenvalue weighted by Crippen LogP contribution is 2.11. The van der Waals surface area contributed by atoms with Gasteiger partial charge >= 0.3 is 0 Å². The molecule has 0 bridgehead atoms. The van der Waals surface area contributed by atoms with Crippen molar-refractivity contribution in [3.8, 4) is 0 Å². The number of rotatable bonds is 5. The van der Waals surface area contributed by atoms with Gasteiger partial charge in [0.15, 0.2) is 0 Å². The van der Waals surface area contributed by atoms with Gasteiger partial charge in [-0.2, -0.15) is 5.10 Å². The van der Waals surface area contributed by atoms with Crippen molar-refractivity contribution in [3.63, 3.8) is 0 Å². The van der Waals surface area contributed by atoms with Crippen LogP contribution in [0.5, 0.6) is 0 Å². The molecule has 0 aromatic carbocycles. The summed E-state index contributed by atoms with van der Waals surface area (Å²) in [6.45, 7) is 3.84. The van der Waals surface area contributed by atoms with Gasteiger partial charge in [0.25, 0.3) is 0 Å². The van der Waals surface area contributed by atoms with Crippen LogP contribution in [0.3, 0.4) is 0 Å². The molecule has 4 nitrogen and oxygen atoms in total. The van der Waals surface area contributed by atoms with Gasteiger partial charge in [-0.15, -0.1) is 0 Å². The van der Waals surface area contributed by atoms with Crippen LogP contribution in [0.2, 0.25) is 0 Å². The summed E-state index contributed by atoms with van der Waals surface area (Å²) in [4.78, 5) is 0. The predicted molar refractivity (Wildman–Crippen MR) is 57.4 cm³/mol. The zero-order chi connectivity index (χ0) is 10.5. The Morgan fingerprint density at radius 2 is 2.47 bits per heavy atom. The van der Waals surface area contributed by atoms with Crippen LogP contribution in [0.25, 0.3) is 0 Å². The number of nitrogens with one attached hydrogen (secondary N) is 1. The molecule has 0 aliphatic carbocycles. The maximum absolute atomic E-state index is 5.30. The molecule has 1 atom stereocenters. The summed E-state index contributed by atoms with van der Waals surface area (Å²) >= 11 is 0. The Labute approximate surface area is 88.9 Å². The standard InChI is InChI=1S/C11H15N3O/c1-10(11-4-2-9-15-11)12-6-8-14-7-3-5-13-14/h2-5,7,9-10,12H,6,8H2,1H3/t10-/m1/s1. The Bertz CT molecular complexity index is 366. The van der Waals surface area contributed by atoms with Gasteiger partial charge in [-0.3, -0.25) is 4.68 Å². The van der Waals surface area contributed by atoms with Gasteiger partial charge < -0.3 is 9.73 Å². The lowest BCUT2D eigenvalue weighted by molar-refractivity contribution is 0.419. The van der Waals surface area contributed by atoms with E-state index in [0.29, 0.717) is 0 Å². The minimum absolute atomic E-state index is 0.246. The topological polar surface area (TPSA) is 43.0 Å². The van der Waals surface area contributed by atoms with Crippen LogP contribution in [0.15, 0.2) is 41.3 Å². The molecule has 0 fully saturated rings. The van der Waals surface area contributed by atoms with Gasteiger partial charge in [0.2, 0.25) is 0 Å². The normalized spacial score (nSPS) is 12.9. The maximum Gasteiger partial charge on any atom is 0.120 e. The zero-order valence-electron chi connectivity index (χ0n) is 8.76. The van der Waals surface area contributed by atoms with Crippen LogP contribution in [0.4, 0.5) is 0 Å². The number of furan rings is 1. The molecule has 1 N–H and O–H groups in total. The number of hydrogen-bond donors (Lipinski definition) is 1. The Morgan fingerprint density at radius 1 is 1.53 bits per heavy atom. The molecule has 0 spiro atoms. The SMILES string of the molecule is C[C@@H](NCCn1cccn1)c1ccco1. The van der Waals surface area contributed by atoms with Crippen molar-refractivity contribution in [1.82, 2.24) is 15.1 Å². The van der Waals surface area contributed by atoms with Gasteiger partial charge in [0, 0.05) is 18.9 Å². The first-order valence-corrected chi connectivity index (χ1v) is 5.10. The van der Waals surface area contributed by atoms with Crippen molar-refractivity contribution < 1.29 is 4.42 Å². The van der Waals surface area contributed by atoms with Crippen LogP contribution in [0, 0.1) is 0 Å². The first kappa shape index (κ1) is 9.98. The fraction of sp³-hybridized carbons (Fsp3) is 0.364. The highest BCUT2D eigenvalue weighted by Gasteiger charge is 2.06. The average molecular weight is 205 g/mol. The predicted octanol–water partition coefficient (Wildman–Crippen LogP) is 1.83. The third-order valence-corrected chi connectivity index (χ3v) is 2.32. The molecule has 15 heavy (non-hydrogen) atoms. The lowest BCUT2D eigenvalue weighted by Crippen LogP contribution is -2.23. The molecule has 0 radical (unpaired) electrons.